The van der Waals surface area contributed by atoms with Crippen molar-refractivity contribution in [2.45, 2.75) is 11.4 Å². The molecule has 0 saturated heterocycles. The van der Waals surface area contributed by atoms with Crippen LogP contribution in [0.5, 0.6) is 0 Å². The number of sulfonamides is 1. The SMILES string of the molecule is O=S(=O)(Nc1nn(Cc2ccc(Cl)c(Cl)c2)cc1Cl)c1ccc(Br)cc1. The Bertz CT molecular complexity index is 1050. The molecule has 2 aromatic carbocycles. The average molecular weight is 496 g/mol. The van der Waals surface area contributed by atoms with Crippen LogP contribution in [0.4, 0.5) is 5.82 Å². The van der Waals surface area contributed by atoms with E-state index < -0.39 is 10.0 Å². The van der Waals surface area contributed by atoms with Gasteiger partial charge >= 0.3 is 0 Å². The molecule has 0 atom stereocenters. The fraction of sp³-hybridized carbons (Fsp3) is 0.0625. The third-order valence-corrected chi connectivity index (χ3v) is 6.30. The summed E-state index contributed by atoms with van der Waals surface area (Å²) in [4.78, 5) is 0.107. The van der Waals surface area contributed by atoms with Crippen molar-refractivity contribution in [2.24, 2.45) is 0 Å². The highest BCUT2D eigenvalue weighted by atomic mass is 79.9. The lowest BCUT2D eigenvalue weighted by atomic mass is 10.2. The van der Waals surface area contributed by atoms with Crippen LogP contribution in [0.2, 0.25) is 15.1 Å². The van der Waals surface area contributed by atoms with Crippen molar-refractivity contribution in [1.29, 1.82) is 0 Å². The first-order valence-electron chi connectivity index (χ1n) is 7.20. The molecule has 0 saturated carbocycles. The summed E-state index contributed by atoms with van der Waals surface area (Å²) in [5, 5.41) is 5.27. The number of rotatable bonds is 5. The molecule has 0 aliphatic carbocycles. The minimum absolute atomic E-state index is 0.0506. The monoisotopic (exact) mass is 493 g/mol. The van der Waals surface area contributed by atoms with Gasteiger partial charge in [-0.15, -0.1) is 0 Å². The van der Waals surface area contributed by atoms with Crippen LogP contribution in [0, 0.1) is 0 Å². The van der Waals surface area contributed by atoms with Gasteiger partial charge < -0.3 is 0 Å². The van der Waals surface area contributed by atoms with E-state index in [2.05, 4.69) is 25.8 Å². The van der Waals surface area contributed by atoms with E-state index in [4.69, 9.17) is 34.8 Å². The largest absolute Gasteiger partial charge is 0.265 e. The molecule has 0 amide bonds. The Hall–Kier alpha value is -1.25. The lowest BCUT2D eigenvalue weighted by Gasteiger charge is -2.06. The van der Waals surface area contributed by atoms with Gasteiger partial charge in [-0.25, -0.2) is 8.42 Å². The predicted octanol–water partition coefficient (Wildman–Crippen LogP) is 5.45. The Morgan fingerprint density at radius 1 is 1.00 bits per heavy atom. The van der Waals surface area contributed by atoms with Crippen LogP contribution in [0.1, 0.15) is 5.56 Å². The van der Waals surface area contributed by atoms with Crippen molar-refractivity contribution >= 4 is 66.6 Å². The van der Waals surface area contributed by atoms with Crippen LogP contribution in [0.3, 0.4) is 0 Å². The number of anilines is 1. The number of hydrogen-bond acceptors (Lipinski definition) is 3. The molecule has 0 unspecified atom stereocenters. The summed E-state index contributed by atoms with van der Waals surface area (Å²) < 4.78 is 29.6. The number of halogens is 4. The Balaban J connectivity index is 1.81. The van der Waals surface area contributed by atoms with Gasteiger partial charge in [0.1, 0.15) is 5.02 Å². The maximum atomic E-state index is 12.4. The molecule has 3 rings (SSSR count). The molecule has 136 valence electrons. The third-order valence-electron chi connectivity index (χ3n) is 3.40. The van der Waals surface area contributed by atoms with Gasteiger partial charge in [-0.2, -0.15) is 5.10 Å². The molecule has 0 radical (unpaired) electrons. The molecule has 1 N–H and O–H groups in total. The van der Waals surface area contributed by atoms with Crippen LogP contribution in [0.25, 0.3) is 0 Å². The lowest BCUT2D eigenvalue weighted by molar-refractivity contribution is 0.600. The Morgan fingerprint density at radius 3 is 2.35 bits per heavy atom. The van der Waals surface area contributed by atoms with E-state index in [0.717, 1.165) is 10.0 Å². The number of nitrogens with zero attached hydrogens (tertiary/aromatic N) is 2. The predicted molar refractivity (Wildman–Crippen MR) is 108 cm³/mol. The number of hydrogen-bond donors (Lipinski definition) is 1. The van der Waals surface area contributed by atoms with Crippen molar-refractivity contribution in [3.05, 3.63) is 73.8 Å². The van der Waals surface area contributed by atoms with Crippen LogP contribution >= 0.6 is 50.7 Å². The molecule has 0 aliphatic heterocycles. The molecular weight excluding hydrogens is 485 g/mol. The zero-order chi connectivity index (χ0) is 18.9. The van der Waals surface area contributed by atoms with Crippen LogP contribution < -0.4 is 4.72 Å². The summed E-state index contributed by atoms with van der Waals surface area (Å²) in [5.74, 6) is 0.0506. The van der Waals surface area contributed by atoms with E-state index >= 15 is 0 Å². The average Bonchev–Trinajstić information content (AvgIpc) is 2.90. The molecule has 1 heterocycles. The van der Waals surface area contributed by atoms with Crippen LogP contribution in [-0.2, 0) is 16.6 Å². The molecule has 1 aromatic heterocycles. The topological polar surface area (TPSA) is 64.0 Å². The van der Waals surface area contributed by atoms with Crippen molar-refractivity contribution in [3.8, 4) is 0 Å². The molecule has 0 bridgehead atoms. The molecule has 0 spiro atoms. The molecule has 26 heavy (non-hydrogen) atoms. The highest BCUT2D eigenvalue weighted by Gasteiger charge is 2.18. The van der Waals surface area contributed by atoms with Gasteiger partial charge in [0.15, 0.2) is 5.82 Å². The Labute approximate surface area is 174 Å². The van der Waals surface area contributed by atoms with E-state index in [1.165, 1.54) is 23.0 Å². The summed E-state index contributed by atoms with van der Waals surface area (Å²) in [6.07, 6.45) is 1.53. The summed E-state index contributed by atoms with van der Waals surface area (Å²) in [6, 6.07) is 11.4. The van der Waals surface area contributed by atoms with Crippen LogP contribution in [0.15, 0.2) is 58.0 Å². The van der Waals surface area contributed by atoms with Crippen molar-refractivity contribution in [2.75, 3.05) is 4.72 Å². The molecule has 0 fully saturated rings. The maximum absolute atomic E-state index is 12.4. The fourth-order valence-corrected chi connectivity index (χ4v) is 4.03. The molecule has 10 heteroatoms. The maximum Gasteiger partial charge on any atom is 0.263 e. The summed E-state index contributed by atoms with van der Waals surface area (Å²) in [6.45, 7) is 0.358. The molecular formula is C16H11BrCl3N3O2S. The second kappa shape index (κ2) is 7.78. The summed E-state index contributed by atoms with van der Waals surface area (Å²) in [7, 11) is -3.79. The Morgan fingerprint density at radius 2 is 1.69 bits per heavy atom. The first-order chi connectivity index (χ1) is 12.2. The minimum Gasteiger partial charge on any atom is -0.265 e. The van der Waals surface area contributed by atoms with Crippen molar-refractivity contribution < 1.29 is 8.42 Å². The van der Waals surface area contributed by atoms with Gasteiger partial charge in [0.2, 0.25) is 0 Å². The second-order valence-electron chi connectivity index (χ2n) is 5.33. The Kier molecular flexibility index (Phi) is 5.84. The second-order valence-corrected chi connectivity index (χ2v) is 9.15. The van der Waals surface area contributed by atoms with E-state index in [1.54, 1.807) is 30.3 Å². The van der Waals surface area contributed by atoms with Crippen LogP contribution in [-0.4, -0.2) is 18.2 Å². The zero-order valence-electron chi connectivity index (χ0n) is 13.0. The lowest BCUT2D eigenvalue weighted by Crippen LogP contribution is -2.14. The van der Waals surface area contributed by atoms with Gasteiger partial charge in [0.25, 0.3) is 10.0 Å². The van der Waals surface area contributed by atoms with E-state index in [-0.39, 0.29) is 15.7 Å². The first-order valence-corrected chi connectivity index (χ1v) is 10.6. The van der Waals surface area contributed by atoms with Crippen molar-refractivity contribution in [3.63, 3.8) is 0 Å². The van der Waals surface area contributed by atoms with Gasteiger partial charge in [-0.1, -0.05) is 56.8 Å². The number of aromatic nitrogens is 2. The van der Waals surface area contributed by atoms with E-state index in [0.29, 0.717) is 16.6 Å². The minimum atomic E-state index is -3.79. The highest BCUT2D eigenvalue weighted by Crippen LogP contribution is 2.26. The molecule has 0 aliphatic rings. The molecule has 5 nitrogen and oxygen atoms in total. The van der Waals surface area contributed by atoms with E-state index in [9.17, 15) is 8.42 Å². The first kappa shape index (κ1) is 19.5. The van der Waals surface area contributed by atoms with Gasteiger partial charge in [-0.3, -0.25) is 9.40 Å². The molecule has 3 aromatic rings. The summed E-state index contributed by atoms with van der Waals surface area (Å²) >= 11 is 21.3. The van der Waals surface area contributed by atoms with E-state index in [1.807, 2.05) is 0 Å². The quantitative estimate of drug-likeness (QED) is 0.512. The van der Waals surface area contributed by atoms with Gasteiger partial charge in [0, 0.05) is 10.7 Å². The zero-order valence-corrected chi connectivity index (χ0v) is 17.6. The number of benzene rings is 2. The highest BCUT2D eigenvalue weighted by molar-refractivity contribution is 9.10. The fourth-order valence-electron chi connectivity index (χ4n) is 2.17. The third kappa shape index (κ3) is 4.53. The normalized spacial score (nSPS) is 11.5. The smallest absolute Gasteiger partial charge is 0.263 e. The van der Waals surface area contributed by atoms with Gasteiger partial charge in [0.05, 0.1) is 21.5 Å². The van der Waals surface area contributed by atoms with Crippen molar-refractivity contribution in [1.82, 2.24) is 9.78 Å². The standard InChI is InChI=1S/C16H11BrCl3N3O2S/c17-11-2-4-12(5-3-11)26(24,25)22-16-15(20)9-23(21-16)8-10-1-6-13(18)14(19)7-10/h1-7,9H,8H2,(H,21,22). The van der Waals surface area contributed by atoms with Gasteiger partial charge in [-0.05, 0) is 42.0 Å². The summed E-state index contributed by atoms with van der Waals surface area (Å²) in [5.41, 5.74) is 0.848. The number of nitrogens with one attached hydrogen (secondary N) is 1.